The van der Waals surface area contributed by atoms with E-state index in [-0.39, 0.29) is 6.04 Å². The Hall–Kier alpha value is -3.75. The molecule has 0 radical (unpaired) electrons. The number of benzene rings is 1. The lowest BCUT2D eigenvalue weighted by Gasteiger charge is -2.23. The van der Waals surface area contributed by atoms with E-state index in [1.807, 2.05) is 31.2 Å². The number of carbonyl (C=O) groups excluding carboxylic acids is 4. The number of carbonyl (C=O) groups is 4. The summed E-state index contributed by atoms with van der Waals surface area (Å²) in [5.74, 6) is -1.82. The second kappa shape index (κ2) is 8.31. The predicted molar refractivity (Wildman–Crippen MR) is 117 cm³/mol. The van der Waals surface area contributed by atoms with Crippen molar-refractivity contribution >= 4 is 29.5 Å². The minimum Gasteiger partial charge on any atom is -0.467 e. The molecule has 9 nitrogen and oxygen atoms in total. The molecule has 2 fully saturated rings. The van der Waals surface area contributed by atoms with Gasteiger partial charge in [-0.2, -0.15) is 5.10 Å². The van der Waals surface area contributed by atoms with Crippen molar-refractivity contribution in [3.63, 3.8) is 0 Å². The van der Waals surface area contributed by atoms with E-state index >= 15 is 0 Å². The minimum atomic E-state index is -0.961. The quantitative estimate of drug-likeness (QED) is 0.517. The Morgan fingerprint density at radius 2 is 1.79 bits per heavy atom. The highest BCUT2D eigenvalue weighted by molar-refractivity contribution is 6.45. The first-order valence-electron chi connectivity index (χ1n) is 11.1. The van der Waals surface area contributed by atoms with Crippen molar-refractivity contribution in [1.82, 2.24) is 14.8 Å². The lowest BCUT2D eigenvalue weighted by molar-refractivity contribution is -0.145. The van der Waals surface area contributed by atoms with E-state index in [1.165, 1.54) is 11.3 Å². The Labute approximate surface area is 190 Å². The fourth-order valence-corrected chi connectivity index (χ4v) is 4.72. The normalized spacial score (nSPS) is 21.5. The van der Waals surface area contributed by atoms with Crippen LogP contribution in [0.1, 0.15) is 55.0 Å². The van der Waals surface area contributed by atoms with Crippen molar-refractivity contribution in [2.45, 2.75) is 51.1 Å². The van der Waals surface area contributed by atoms with Gasteiger partial charge in [0.2, 0.25) is 0 Å². The number of nitrogens with zero attached hydrogens (tertiary/aromatic N) is 4. The van der Waals surface area contributed by atoms with Crippen LogP contribution in [0.2, 0.25) is 0 Å². The van der Waals surface area contributed by atoms with Gasteiger partial charge in [0, 0.05) is 12.5 Å². The van der Waals surface area contributed by atoms with Crippen molar-refractivity contribution in [1.29, 1.82) is 0 Å². The molecule has 1 aromatic heterocycles. The number of hydrogen-bond acceptors (Lipinski definition) is 6. The Morgan fingerprint density at radius 1 is 1.06 bits per heavy atom. The fraction of sp³-hybridized carbons (Fsp3) is 0.375. The number of hydrazone groups is 1. The summed E-state index contributed by atoms with van der Waals surface area (Å²) in [5.41, 5.74) is 2.69. The summed E-state index contributed by atoms with van der Waals surface area (Å²) < 4.78 is 5.54. The zero-order chi connectivity index (χ0) is 23.1. The van der Waals surface area contributed by atoms with Gasteiger partial charge in [0.05, 0.1) is 12.0 Å². The highest BCUT2D eigenvalue weighted by Crippen LogP contribution is 2.34. The third-order valence-corrected chi connectivity index (χ3v) is 6.49. The van der Waals surface area contributed by atoms with Crippen molar-refractivity contribution < 1.29 is 23.6 Å². The lowest BCUT2D eigenvalue weighted by atomic mass is 10.0. The molecule has 0 spiro atoms. The number of hydrogen-bond donors (Lipinski definition) is 0. The summed E-state index contributed by atoms with van der Waals surface area (Å²) in [7, 11) is 0. The number of aryl methyl sites for hydroxylation is 1. The first-order chi connectivity index (χ1) is 15.9. The van der Waals surface area contributed by atoms with Crippen LogP contribution in [0, 0.1) is 6.92 Å². The van der Waals surface area contributed by atoms with E-state index in [1.54, 1.807) is 12.1 Å². The molecule has 3 heterocycles. The fourth-order valence-electron chi connectivity index (χ4n) is 4.72. The third-order valence-electron chi connectivity index (χ3n) is 6.49. The zero-order valence-electron chi connectivity index (χ0n) is 18.3. The standard InChI is InChI=1S/C24H24N4O5/c1-15-8-10-16(11-9-15)18-13-19(20-7-4-12-33-20)28(25-18)21(29)14-26-22(30)23(31)27(24(26)32)17-5-2-3-6-17/h4,7-12,17,19H,2-3,5-6,13-14H2,1H3/t19-/m0/s1. The molecular formula is C24H24N4O5. The Balaban J connectivity index is 1.39. The van der Waals surface area contributed by atoms with Gasteiger partial charge in [-0.05, 0) is 37.5 Å². The minimum absolute atomic E-state index is 0.275. The molecule has 170 valence electrons. The van der Waals surface area contributed by atoms with Crippen LogP contribution in [0.4, 0.5) is 4.79 Å². The monoisotopic (exact) mass is 448 g/mol. The van der Waals surface area contributed by atoms with Gasteiger partial charge >= 0.3 is 17.8 Å². The van der Waals surface area contributed by atoms with E-state index in [0.29, 0.717) is 30.7 Å². The van der Waals surface area contributed by atoms with Crippen LogP contribution in [0.15, 0.2) is 52.2 Å². The lowest BCUT2D eigenvalue weighted by Crippen LogP contribution is -2.43. The van der Waals surface area contributed by atoms with E-state index in [9.17, 15) is 19.2 Å². The van der Waals surface area contributed by atoms with Crippen LogP contribution in [-0.4, -0.2) is 56.9 Å². The van der Waals surface area contributed by atoms with Gasteiger partial charge < -0.3 is 4.42 Å². The number of furan rings is 1. The summed E-state index contributed by atoms with van der Waals surface area (Å²) in [4.78, 5) is 52.9. The molecule has 3 aliphatic rings. The molecule has 1 saturated carbocycles. The summed E-state index contributed by atoms with van der Waals surface area (Å²) in [6.45, 7) is 1.44. The van der Waals surface area contributed by atoms with E-state index in [4.69, 9.17) is 4.42 Å². The molecule has 9 heteroatoms. The molecule has 2 aromatic rings. The summed E-state index contributed by atoms with van der Waals surface area (Å²) >= 11 is 0. The Morgan fingerprint density at radius 3 is 2.45 bits per heavy atom. The van der Waals surface area contributed by atoms with Gasteiger partial charge in [-0.1, -0.05) is 42.7 Å². The van der Waals surface area contributed by atoms with Gasteiger partial charge in [0.25, 0.3) is 5.91 Å². The molecule has 5 amide bonds. The number of amides is 5. The largest absolute Gasteiger partial charge is 0.467 e. The SMILES string of the molecule is Cc1ccc(C2=NN(C(=O)CN3C(=O)C(=O)N(C4CCCC4)C3=O)[C@H](c3ccco3)C2)cc1. The van der Waals surface area contributed by atoms with Gasteiger partial charge in [-0.3, -0.25) is 19.3 Å². The smallest absolute Gasteiger partial charge is 0.334 e. The maximum absolute atomic E-state index is 13.3. The van der Waals surface area contributed by atoms with Crippen LogP contribution in [0.5, 0.6) is 0 Å². The average molecular weight is 448 g/mol. The second-order valence-corrected chi connectivity index (χ2v) is 8.67. The molecule has 1 aromatic carbocycles. The maximum Gasteiger partial charge on any atom is 0.334 e. The molecule has 0 bridgehead atoms. The first-order valence-corrected chi connectivity index (χ1v) is 11.1. The third kappa shape index (κ3) is 3.73. The summed E-state index contributed by atoms with van der Waals surface area (Å²) in [6.07, 6.45) is 5.13. The van der Waals surface area contributed by atoms with Crippen molar-refractivity contribution in [3.8, 4) is 0 Å². The van der Waals surface area contributed by atoms with Crippen molar-refractivity contribution in [3.05, 3.63) is 59.5 Å². The maximum atomic E-state index is 13.3. The highest BCUT2D eigenvalue weighted by Gasteiger charge is 2.49. The molecule has 5 rings (SSSR count). The second-order valence-electron chi connectivity index (χ2n) is 8.67. The number of imide groups is 2. The van der Waals surface area contributed by atoms with Gasteiger partial charge in [0.15, 0.2) is 0 Å². The van der Waals surface area contributed by atoms with Crippen LogP contribution >= 0.6 is 0 Å². The Bertz CT molecular complexity index is 1130. The van der Waals surface area contributed by atoms with Gasteiger partial charge in [-0.15, -0.1) is 0 Å². The van der Waals surface area contributed by atoms with Crippen molar-refractivity contribution in [2.75, 3.05) is 6.54 Å². The van der Waals surface area contributed by atoms with Gasteiger partial charge in [-0.25, -0.2) is 14.7 Å². The van der Waals surface area contributed by atoms with E-state index in [2.05, 4.69) is 5.10 Å². The van der Waals surface area contributed by atoms with Crippen LogP contribution in [-0.2, 0) is 14.4 Å². The molecule has 1 atom stereocenters. The van der Waals surface area contributed by atoms with Gasteiger partial charge in [0.1, 0.15) is 18.3 Å². The van der Waals surface area contributed by atoms with E-state index < -0.39 is 36.3 Å². The Kier molecular flexibility index (Phi) is 5.32. The average Bonchev–Trinajstić information content (AvgIpc) is 3.60. The molecule has 0 N–H and O–H groups in total. The number of rotatable bonds is 5. The highest BCUT2D eigenvalue weighted by atomic mass is 16.3. The van der Waals surface area contributed by atoms with E-state index in [0.717, 1.165) is 33.8 Å². The van der Waals surface area contributed by atoms with Crippen LogP contribution < -0.4 is 0 Å². The topological polar surface area (TPSA) is 104 Å². The van der Waals surface area contributed by atoms with Crippen molar-refractivity contribution in [2.24, 2.45) is 5.10 Å². The summed E-state index contributed by atoms with van der Waals surface area (Å²) in [6, 6.07) is 9.80. The van der Waals surface area contributed by atoms with Crippen LogP contribution in [0.3, 0.4) is 0 Å². The molecular weight excluding hydrogens is 424 g/mol. The molecule has 1 aliphatic carbocycles. The number of urea groups is 1. The van der Waals surface area contributed by atoms with Crippen LogP contribution in [0.25, 0.3) is 0 Å². The molecule has 0 unspecified atom stereocenters. The molecule has 1 saturated heterocycles. The first kappa shape index (κ1) is 21.1. The zero-order valence-corrected chi connectivity index (χ0v) is 18.3. The predicted octanol–water partition coefficient (Wildman–Crippen LogP) is 3.00. The molecule has 33 heavy (non-hydrogen) atoms. The molecule has 2 aliphatic heterocycles. The summed E-state index contributed by atoms with van der Waals surface area (Å²) in [5, 5.41) is 5.79.